The van der Waals surface area contributed by atoms with Gasteiger partial charge in [0.2, 0.25) is 0 Å². The van der Waals surface area contributed by atoms with Gasteiger partial charge in [-0.1, -0.05) is 42.5 Å². The molecule has 3 aromatic carbocycles. The maximum Gasteiger partial charge on any atom is 0.128 e. The summed E-state index contributed by atoms with van der Waals surface area (Å²) in [5.41, 5.74) is 7.98. The molecule has 154 valence electrons. The monoisotopic (exact) mass is 406 g/mol. The average Bonchev–Trinajstić information content (AvgIpc) is 3.26. The Morgan fingerprint density at radius 2 is 1.74 bits per heavy atom. The lowest BCUT2D eigenvalue weighted by Gasteiger charge is -2.35. The quantitative estimate of drug-likeness (QED) is 0.375. The van der Waals surface area contributed by atoms with Crippen LogP contribution < -0.4 is 9.64 Å². The summed E-state index contributed by atoms with van der Waals surface area (Å²) in [6, 6.07) is 25.8. The van der Waals surface area contributed by atoms with E-state index in [1.807, 2.05) is 36.4 Å². The van der Waals surface area contributed by atoms with E-state index in [9.17, 15) is 0 Å². The van der Waals surface area contributed by atoms with Gasteiger partial charge in [-0.2, -0.15) is 0 Å². The first kappa shape index (κ1) is 18.4. The zero-order chi connectivity index (χ0) is 20.8. The molecule has 2 heterocycles. The van der Waals surface area contributed by atoms with E-state index in [4.69, 9.17) is 9.72 Å². The Labute approximate surface area is 183 Å². The number of fused-ring (bicyclic) bond motifs is 4. The Kier molecular flexibility index (Phi) is 4.41. The summed E-state index contributed by atoms with van der Waals surface area (Å²) in [5, 5.41) is 1.20. The van der Waals surface area contributed by atoms with Crippen molar-refractivity contribution in [1.29, 1.82) is 0 Å². The van der Waals surface area contributed by atoms with Crippen molar-refractivity contribution < 1.29 is 4.74 Å². The molecule has 0 N–H and O–H groups in total. The van der Waals surface area contributed by atoms with Crippen LogP contribution in [0.2, 0.25) is 0 Å². The number of rotatable bonds is 3. The van der Waals surface area contributed by atoms with Crippen LogP contribution in [0.5, 0.6) is 11.5 Å². The molecule has 0 saturated carbocycles. The Bertz CT molecular complexity index is 1260. The molecule has 1 aliphatic carbocycles. The van der Waals surface area contributed by atoms with Crippen LogP contribution in [0.15, 0.2) is 72.8 Å². The fourth-order valence-corrected chi connectivity index (χ4v) is 5.41. The van der Waals surface area contributed by atoms with Gasteiger partial charge >= 0.3 is 0 Å². The van der Waals surface area contributed by atoms with Crippen LogP contribution in [0.25, 0.3) is 10.9 Å². The van der Waals surface area contributed by atoms with Crippen molar-refractivity contribution in [3.63, 3.8) is 0 Å². The third-order valence-corrected chi connectivity index (χ3v) is 6.82. The summed E-state index contributed by atoms with van der Waals surface area (Å²) in [6.07, 6.45) is 4.71. The smallest absolute Gasteiger partial charge is 0.128 e. The van der Waals surface area contributed by atoms with E-state index in [0.717, 1.165) is 35.7 Å². The predicted molar refractivity (Wildman–Crippen MR) is 126 cm³/mol. The van der Waals surface area contributed by atoms with Crippen LogP contribution >= 0.6 is 0 Å². The largest absolute Gasteiger partial charge is 0.457 e. The van der Waals surface area contributed by atoms with Crippen LogP contribution in [-0.4, -0.2) is 11.5 Å². The molecule has 0 saturated heterocycles. The van der Waals surface area contributed by atoms with E-state index in [1.54, 1.807) is 0 Å². The molecule has 3 heteroatoms. The third kappa shape index (κ3) is 3.16. The number of anilines is 1. The first-order chi connectivity index (χ1) is 15.3. The topological polar surface area (TPSA) is 25.4 Å². The van der Waals surface area contributed by atoms with Crippen molar-refractivity contribution in [3.8, 4) is 11.5 Å². The summed E-state index contributed by atoms with van der Waals surface area (Å²) >= 11 is 0. The highest BCUT2D eigenvalue weighted by atomic mass is 16.5. The van der Waals surface area contributed by atoms with Gasteiger partial charge in [0.05, 0.1) is 17.2 Å². The number of para-hydroxylation sites is 1. The van der Waals surface area contributed by atoms with Gasteiger partial charge in [0.25, 0.3) is 0 Å². The van der Waals surface area contributed by atoms with Gasteiger partial charge in [-0.05, 0) is 79.6 Å². The van der Waals surface area contributed by atoms with Crippen molar-refractivity contribution in [2.75, 3.05) is 11.4 Å². The number of benzene rings is 3. The summed E-state index contributed by atoms with van der Waals surface area (Å²) < 4.78 is 6.17. The molecule has 0 bridgehead atoms. The molecule has 0 spiro atoms. The molecule has 0 radical (unpaired) electrons. The molecular weight excluding hydrogens is 380 g/mol. The Morgan fingerprint density at radius 3 is 2.65 bits per heavy atom. The lowest BCUT2D eigenvalue weighted by molar-refractivity contribution is 0.483. The molecule has 0 fully saturated rings. The second kappa shape index (κ2) is 7.42. The Balaban J connectivity index is 1.47. The lowest BCUT2D eigenvalue weighted by Crippen LogP contribution is -2.29. The zero-order valence-electron chi connectivity index (χ0n) is 17.8. The Hall–Kier alpha value is -3.33. The van der Waals surface area contributed by atoms with Gasteiger partial charge in [-0.3, -0.25) is 4.98 Å². The van der Waals surface area contributed by atoms with Crippen molar-refractivity contribution >= 4 is 16.6 Å². The highest BCUT2D eigenvalue weighted by Crippen LogP contribution is 2.45. The SMILES string of the molecule is Cc1nc2ccc(Oc3ccccc3)cc2c2c1CCN2C1CCCc2ccccc21. The van der Waals surface area contributed by atoms with Crippen molar-refractivity contribution in [1.82, 2.24) is 4.98 Å². The average molecular weight is 407 g/mol. The summed E-state index contributed by atoms with van der Waals surface area (Å²) in [4.78, 5) is 7.59. The second-order valence-electron chi connectivity index (χ2n) is 8.67. The number of aromatic nitrogens is 1. The van der Waals surface area contributed by atoms with Crippen LogP contribution in [0.4, 0.5) is 5.69 Å². The first-order valence-electron chi connectivity index (χ1n) is 11.3. The van der Waals surface area contributed by atoms with E-state index in [2.05, 4.69) is 48.2 Å². The van der Waals surface area contributed by atoms with Crippen molar-refractivity contribution in [2.45, 2.75) is 38.6 Å². The molecule has 1 unspecified atom stereocenters. The molecule has 6 rings (SSSR count). The summed E-state index contributed by atoms with van der Waals surface area (Å²) in [7, 11) is 0. The predicted octanol–water partition coefficient (Wildman–Crippen LogP) is 6.78. The molecule has 1 atom stereocenters. The van der Waals surface area contributed by atoms with Crippen LogP contribution in [0.3, 0.4) is 0 Å². The van der Waals surface area contributed by atoms with Crippen LogP contribution in [-0.2, 0) is 12.8 Å². The molecule has 3 nitrogen and oxygen atoms in total. The van der Waals surface area contributed by atoms with Crippen molar-refractivity contribution in [3.05, 3.63) is 95.2 Å². The molecule has 0 amide bonds. The van der Waals surface area contributed by atoms with Gasteiger partial charge in [0, 0.05) is 17.6 Å². The van der Waals surface area contributed by atoms with Gasteiger partial charge in [0.1, 0.15) is 11.5 Å². The third-order valence-electron chi connectivity index (χ3n) is 6.82. The van der Waals surface area contributed by atoms with E-state index in [0.29, 0.717) is 6.04 Å². The zero-order valence-corrected chi connectivity index (χ0v) is 17.8. The first-order valence-corrected chi connectivity index (χ1v) is 11.3. The molecular formula is C28H26N2O. The van der Waals surface area contributed by atoms with Gasteiger partial charge in [-0.15, -0.1) is 0 Å². The number of nitrogens with zero attached hydrogens (tertiary/aromatic N) is 2. The van der Waals surface area contributed by atoms with E-state index in [-0.39, 0.29) is 0 Å². The normalized spacial score (nSPS) is 17.5. The van der Waals surface area contributed by atoms with Crippen LogP contribution in [0, 0.1) is 6.92 Å². The highest BCUT2D eigenvalue weighted by Gasteiger charge is 2.33. The maximum absolute atomic E-state index is 6.17. The number of ether oxygens (including phenoxy) is 1. The number of hydrogen-bond donors (Lipinski definition) is 0. The molecule has 4 aromatic rings. The minimum absolute atomic E-state index is 0.440. The van der Waals surface area contributed by atoms with Gasteiger partial charge < -0.3 is 9.64 Å². The fraction of sp³-hybridized carbons (Fsp3) is 0.250. The number of hydrogen-bond acceptors (Lipinski definition) is 3. The number of pyridine rings is 1. The van der Waals surface area contributed by atoms with Crippen molar-refractivity contribution in [2.24, 2.45) is 0 Å². The lowest BCUT2D eigenvalue weighted by atomic mass is 9.86. The minimum atomic E-state index is 0.440. The highest BCUT2D eigenvalue weighted by molar-refractivity contribution is 5.96. The van der Waals surface area contributed by atoms with E-state index >= 15 is 0 Å². The molecule has 31 heavy (non-hydrogen) atoms. The number of aryl methyl sites for hydroxylation is 2. The van der Waals surface area contributed by atoms with E-state index < -0.39 is 0 Å². The molecule has 1 aliphatic heterocycles. The second-order valence-corrected chi connectivity index (χ2v) is 8.67. The van der Waals surface area contributed by atoms with E-state index in [1.165, 1.54) is 47.0 Å². The maximum atomic E-state index is 6.17. The Morgan fingerprint density at radius 1 is 0.903 bits per heavy atom. The fourth-order valence-electron chi connectivity index (χ4n) is 5.41. The molecule has 1 aromatic heterocycles. The standard InChI is InChI=1S/C28H26N2O/c1-19-23-16-17-30(27-13-7-9-20-8-5-6-12-24(20)27)28(23)25-18-22(14-15-26(25)29-19)31-21-10-3-2-4-11-21/h2-6,8,10-12,14-15,18,27H,7,9,13,16-17H2,1H3. The minimum Gasteiger partial charge on any atom is -0.457 e. The molecule has 2 aliphatic rings. The van der Waals surface area contributed by atoms with Crippen LogP contribution in [0.1, 0.15) is 41.3 Å². The summed E-state index contributed by atoms with van der Waals surface area (Å²) in [5.74, 6) is 1.72. The van der Waals surface area contributed by atoms with Gasteiger partial charge in [-0.25, -0.2) is 0 Å². The summed E-state index contributed by atoms with van der Waals surface area (Å²) in [6.45, 7) is 3.21. The van der Waals surface area contributed by atoms with Gasteiger partial charge in [0.15, 0.2) is 0 Å².